The molecule has 7 heteroatoms. The van der Waals surface area contributed by atoms with Crippen LogP contribution in [-0.4, -0.2) is 63.7 Å². The van der Waals surface area contributed by atoms with E-state index < -0.39 is 0 Å². The molecule has 1 saturated heterocycles. The lowest BCUT2D eigenvalue weighted by atomic mass is 10.0. The summed E-state index contributed by atoms with van der Waals surface area (Å²) in [5, 5.41) is 2.85. The first-order chi connectivity index (χ1) is 14.6. The topological polar surface area (TPSA) is 77.1 Å². The molecule has 0 saturated carbocycles. The first-order valence-corrected chi connectivity index (χ1v) is 10.1. The summed E-state index contributed by atoms with van der Waals surface area (Å²) in [5.41, 5.74) is 1.32. The normalized spacial score (nSPS) is 14.2. The predicted octanol–water partition coefficient (Wildman–Crippen LogP) is 3.25. The number of ether oxygens (including phenoxy) is 3. The Morgan fingerprint density at radius 1 is 1.03 bits per heavy atom. The van der Waals surface area contributed by atoms with Crippen molar-refractivity contribution in [3.05, 3.63) is 53.6 Å². The fourth-order valence-electron chi connectivity index (χ4n) is 3.41. The second-order valence-electron chi connectivity index (χ2n) is 7.05. The molecule has 1 heterocycles. The van der Waals surface area contributed by atoms with E-state index in [9.17, 15) is 9.59 Å². The zero-order valence-electron chi connectivity index (χ0n) is 17.5. The van der Waals surface area contributed by atoms with Gasteiger partial charge in [0.05, 0.1) is 33.1 Å². The Morgan fingerprint density at radius 3 is 2.43 bits per heavy atom. The van der Waals surface area contributed by atoms with Gasteiger partial charge in [-0.25, -0.2) is 0 Å². The number of methoxy groups -OCH3 is 2. The lowest BCUT2D eigenvalue weighted by molar-refractivity contribution is 0.0371. The zero-order chi connectivity index (χ0) is 21.3. The first kappa shape index (κ1) is 21.8. The molecule has 1 amide bonds. The maximum Gasteiger partial charge on any atom is 0.255 e. The number of hydrogen-bond acceptors (Lipinski definition) is 6. The highest BCUT2D eigenvalue weighted by molar-refractivity contribution is 6.10. The monoisotopic (exact) mass is 412 g/mol. The van der Waals surface area contributed by atoms with Crippen LogP contribution in [0.3, 0.4) is 0 Å². The van der Waals surface area contributed by atoms with Crippen LogP contribution < -0.4 is 14.8 Å². The number of anilines is 1. The zero-order valence-corrected chi connectivity index (χ0v) is 17.5. The number of carbonyl (C=O) groups excluding carboxylic acids is 2. The van der Waals surface area contributed by atoms with Gasteiger partial charge < -0.3 is 19.5 Å². The molecule has 7 nitrogen and oxygen atoms in total. The lowest BCUT2D eigenvalue weighted by Gasteiger charge is -2.26. The number of Topliss-reactive ketones (excluding diaryl/α,β-unsaturated/α-hetero) is 1. The van der Waals surface area contributed by atoms with Crippen LogP contribution in [0.1, 0.15) is 33.6 Å². The molecular formula is C23H28N2O5. The Balaban J connectivity index is 1.69. The molecule has 0 radical (unpaired) electrons. The fraction of sp³-hybridized carbons (Fsp3) is 0.391. The molecular weight excluding hydrogens is 384 g/mol. The van der Waals surface area contributed by atoms with Crippen LogP contribution in [0.5, 0.6) is 11.5 Å². The van der Waals surface area contributed by atoms with E-state index in [1.165, 1.54) is 7.11 Å². The molecule has 0 spiro atoms. The van der Waals surface area contributed by atoms with Gasteiger partial charge in [0.1, 0.15) is 11.5 Å². The molecule has 0 unspecified atom stereocenters. The van der Waals surface area contributed by atoms with Crippen LogP contribution in [0, 0.1) is 0 Å². The van der Waals surface area contributed by atoms with Gasteiger partial charge in [-0.15, -0.1) is 0 Å². The predicted molar refractivity (Wildman–Crippen MR) is 115 cm³/mol. The number of morpholine rings is 1. The second-order valence-corrected chi connectivity index (χ2v) is 7.05. The van der Waals surface area contributed by atoms with E-state index in [1.54, 1.807) is 49.6 Å². The molecule has 0 aliphatic carbocycles. The van der Waals surface area contributed by atoms with Crippen LogP contribution >= 0.6 is 0 Å². The van der Waals surface area contributed by atoms with Gasteiger partial charge in [0, 0.05) is 30.6 Å². The average Bonchev–Trinajstić information content (AvgIpc) is 2.79. The number of benzene rings is 2. The quantitative estimate of drug-likeness (QED) is 0.637. The summed E-state index contributed by atoms with van der Waals surface area (Å²) in [6, 6.07) is 12.0. The average molecular weight is 412 g/mol. The second kappa shape index (κ2) is 10.8. The Morgan fingerprint density at radius 2 is 1.77 bits per heavy atom. The summed E-state index contributed by atoms with van der Waals surface area (Å²) < 4.78 is 15.9. The largest absolute Gasteiger partial charge is 0.497 e. The van der Waals surface area contributed by atoms with Crippen LogP contribution in [0.4, 0.5) is 5.69 Å². The number of amides is 1. The van der Waals surface area contributed by atoms with E-state index in [4.69, 9.17) is 14.2 Å². The summed E-state index contributed by atoms with van der Waals surface area (Å²) in [6.07, 6.45) is 1.15. The molecule has 0 bridgehead atoms. The molecule has 0 aromatic heterocycles. The maximum atomic E-state index is 12.9. The summed E-state index contributed by atoms with van der Waals surface area (Å²) in [6.45, 7) is 4.14. The molecule has 0 atom stereocenters. The van der Waals surface area contributed by atoms with Gasteiger partial charge in [0.15, 0.2) is 5.78 Å². The fourth-order valence-corrected chi connectivity index (χ4v) is 3.41. The maximum absolute atomic E-state index is 12.9. The third-order valence-electron chi connectivity index (χ3n) is 5.12. The molecule has 160 valence electrons. The van der Waals surface area contributed by atoms with Crippen molar-refractivity contribution >= 4 is 17.4 Å². The third-order valence-corrected chi connectivity index (χ3v) is 5.12. The van der Waals surface area contributed by atoms with Crippen molar-refractivity contribution in [2.24, 2.45) is 0 Å². The number of para-hydroxylation sites is 1. The van der Waals surface area contributed by atoms with Gasteiger partial charge in [0.2, 0.25) is 0 Å². The van der Waals surface area contributed by atoms with E-state index in [1.807, 2.05) is 0 Å². The number of nitrogens with zero attached hydrogens (tertiary/aromatic N) is 1. The van der Waals surface area contributed by atoms with Crippen molar-refractivity contribution in [3.8, 4) is 11.5 Å². The standard InChI is InChI=1S/C23H28N2O5/c1-28-18-10-8-17(9-11-18)23(27)24-22-19(5-3-7-21(22)29-2)20(26)6-4-12-25-13-15-30-16-14-25/h3,5,7-11H,4,6,12-16H2,1-2H3,(H,24,27). The minimum atomic E-state index is -0.315. The van der Waals surface area contributed by atoms with Gasteiger partial charge in [-0.05, 0) is 49.4 Å². The van der Waals surface area contributed by atoms with E-state index in [2.05, 4.69) is 10.2 Å². The van der Waals surface area contributed by atoms with Gasteiger partial charge in [-0.2, -0.15) is 0 Å². The van der Waals surface area contributed by atoms with Crippen LogP contribution in [-0.2, 0) is 4.74 Å². The minimum absolute atomic E-state index is 0.0211. The van der Waals surface area contributed by atoms with Crippen molar-refractivity contribution in [1.29, 1.82) is 0 Å². The van der Waals surface area contributed by atoms with Gasteiger partial charge >= 0.3 is 0 Å². The van der Waals surface area contributed by atoms with Crippen LogP contribution in [0.15, 0.2) is 42.5 Å². The Kier molecular flexibility index (Phi) is 7.82. The molecule has 2 aromatic carbocycles. The third kappa shape index (κ3) is 5.58. The van der Waals surface area contributed by atoms with E-state index in [0.29, 0.717) is 34.7 Å². The number of ketones is 1. The summed E-state index contributed by atoms with van der Waals surface area (Å²) >= 11 is 0. The molecule has 1 aliphatic rings. The van der Waals surface area contributed by atoms with Gasteiger partial charge in [-0.3, -0.25) is 14.5 Å². The van der Waals surface area contributed by atoms with Gasteiger partial charge in [-0.1, -0.05) is 6.07 Å². The number of carbonyl (C=O) groups is 2. The van der Waals surface area contributed by atoms with E-state index in [-0.39, 0.29) is 11.7 Å². The summed E-state index contributed by atoms with van der Waals surface area (Å²) in [5.74, 6) is 0.785. The number of nitrogens with one attached hydrogen (secondary N) is 1. The first-order valence-electron chi connectivity index (χ1n) is 10.1. The van der Waals surface area contributed by atoms with Crippen LogP contribution in [0.25, 0.3) is 0 Å². The van der Waals surface area contributed by atoms with Crippen molar-refractivity contribution < 1.29 is 23.8 Å². The smallest absolute Gasteiger partial charge is 0.255 e. The van der Waals surface area contributed by atoms with Crippen molar-refractivity contribution in [2.45, 2.75) is 12.8 Å². The number of rotatable bonds is 9. The molecule has 1 aliphatic heterocycles. The Labute approximate surface area is 176 Å². The SMILES string of the molecule is COc1ccc(C(=O)Nc2c(OC)cccc2C(=O)CCCN2CCOCC2)cc1. The van der Waals surface area contributed by atoms with E-state index in [0.717, 1.165) is 39.3 Å². The molecule has 1 fully saturated rings. The molecule has 1 N–H and O–H groups in total. The molecule has 2 aromatic rings. The van der Waals surface area contributed by atoms with Gasteiger partial charge in [0.25, 0.3) is 5.91 Å². The van der Waals surface area contributed by atoms with E-state index >= 15 is 0 Å². The highest BCUT2D eigenvalue weighted by atomic mass is 16.5. The summed E-state index contributed by atoms with van der Waals surface area (Å²) in [4.78, 5) is 28.0. The van der Waals surface area contributed by atoms with Crippen molar-refractivity contribution in [2.75, 3.05) is 52.4 Å². The lowest BCUT2D eigenvalue weighted by Crippen LogP contribution is -2.36. The molecule has 3 rings (SSSR count). The Bertz CT molecular complexity index is 860. The van der Waals surface area contributed by atoms with Crippen LogP contribution in [0.2, 0.25) is 0 Å². The highest BCUT2D eigenvalue weighted by Crippen LogP contribution is 2.30. The molecule has 30 heavy (non-hydrogen) atoms. The summed E-state index contributed by atoms with van der Waals surface area (Å²) in [7, 11) is 3.09. The van der Waals surface area contributed by atoms with Crippen molar-refractivity contribution in [1.82, 2.24) is 4.90 Å². The van der Waals surface area contributed by atoms with Crippen molar-refractivity contribution in [3.63, 3.8) is 0 Å². The highest BCUT2D eigenvalue weighted by Gasteiger charge is 2.19. The Hall–Kier alpha value is -2.90. The minimum Gasteiger partial charge on any atom is -0.497 e. The number of hydrogen-bond donors (Lipinski definition) is 1.